The predicted molar refractivity (Wildman–Crippen MR) is 95.0 cm³/mol. The van der Waals surface area contributed by atoms with Crippen LogP contribution in [0.1, 0.15) is 25.5 Å². The van der Waals surface area contributed by atoms with Crippen LogP contribution in [-0.2, 0) is 19.1 Å². The summed E-state index contributed by atoms with van der Waals surface area (Å²) in [6, 6.07) is 16.1. The van der Waals surface area contributed by atoms with Crippen molar-refractivity contribution >= 4 is 11.9 Å². The van der Waals surface area contributed by atoms with Gasteiger partial charge in [0.1, 0.15) is 0 Å². The Morgan fingerprint density at radius 1 is 0.962 bits per heavy atom. The Balaban J connectivity index is 2.44. The van der Waals surface area contributed by atoms with Crippen LogP contribution in [0.3, 0.4) is 0 Å². The van der Waals surface area contributed by atoms with Crippen LogP contribution < -0.4 is 9.47 Å². The highest BCUT2D eigenvalue weighted by Gasteiger charge is 2.36. The van der Waals surface area contributed by atoms with Crippen LogP contribution >= 0.6 is 0 Å². The molecule has 0 saturated carbocycles. The van der Waals surface area contributed by atoms with Gasteiger partial charge in [-0.1, -0.05) is 42.5 Å². The maximum atomic E-state index is 12.4. The van der Waals surface area contributed by atoms with Crippen molar-refractivity contribution in [2.24, 2.45) is 0 Å². The Kier molecular flexibility index (Phi) is 7.02. The first kappa shape index (κ1) is 19.3. The van der Waals surface area contributed by atoms with E-state index >= 15 is 0 Å². The lowest BCUT2D eigenvalue weighted by molar-refractivity contribution is -0.173. The standard InChI is InChI=1S/C20H22O6/c1-4-24-20(22)19(25-14(2)21)18(15-10-6-5-7-11-15)26-17-13-9-8-12-16(17)23-3/h5-13,18-19H,4H2,1-3H3/t18-,19+/m0/s1. The molecule has 0 heterocycles. The van der Waals surface area contributed by atoms with Crippen LogP contribution in [0, 0.1) is 0 Å². The zero-order valence-corrected chi connectivity index (χ0v) is 15.0. The molecule has 2 rings (SSSR count). The number of methoxy groups -OCH3 is 1. The Morgan fingerprint density at radius 2 is 1.58 bits per heavy atom. The quantitative estimate of drug-likeness (QED) is 0.674. The van der Waals surface area contributed by atoms with E-state index in [0.717, 1.165) is 0 Å². The number of hydrogen-bond donors (Lipinski definition) is 0. The summed E-state index contributed by atoms with van der Waals surface area (Å²) in [6.07, 6.45) is -2.14. The van der Waals surface area contributed by atoms with Crippen molar-refractivity contribution in [1.82, 2.24) is 0 Å². The summed E-state index contributed by atoms with van der Waals surface area (Å²) in [5.74, 6) is -0.358. The number of rotatable bonds is 8. The van der Waals surface area contributed by atoms with Crippen LogP contribution in [0.15, 0.2) is 54.6 Å². The summed E-state index contributed by atoms with van der Waals surface area (Å²) >= 11 is 0. The molecule has 0 spiro atoms. The Hall–Kier alpha value is -3.02. The summed E-state index contributed by atoms with van der Waals surface area (Å²) in [7, 11) is 1.52. The summed E-state index contributed by atoms with van der Waals surface area (Å²) in [4.78, 5) is 24.0. The predicted octanol–water partition coefficient (Wildman–Crippen LogP) is 3.31. The molecule has 138 valence electrons. The molecule has 2 aromatic carbocycles. The van der Waals surface area contributed by atoms with E-state index in [1.54, 1.807) is 43.3 Å². The minimum Gasteiger partial charge on any atom is -0.493 e. The molecule has 6 heteroatoms. The molecule has 2 atom stereocenters. The Morgan fingerprint density at radius 3 is 2.15 bits per heavy atom. The van der Waals surface area contributed by atoms with Crippen molar-refractivity contribution < 1.29 is 28.5 Å². The fourth-order valence-corrected chi connectivity index (χ4v) is 2.44. The van der Waals surface area contributed by atoms with Crippen LogP contribution in [0.5, 0.6) is 11.5 Å². The smallest absolute Gasteiger partial charge is 0.351 e. The molecule has 26 heavy (non-hydrogen) atoms. The molecular weight excluding hydrogens is 336 g/mol. The van der Waals surface area contributed by atoms with Crippen molar-refractivity contribution in [3.8, 4) is 11.5 Å². The van der Waals surface area contributed by atoms with Crippen molar-refractivity contribution in [2.45, 2.75) is 26.1 Å². The Bertz CT molecular complexity index is 728. The second-order valence-corrected chi connectivity index (χ2v) is 5.38. The van der Waals surface area contributed by atoms with Crippen LogP contribution in [-0.4, -0.2) is 31.8 Å². The number of para-hydroxylation sites is 2. The highest BCUT2D eigenvalue weighted by molar-refractivity contribution is 5.79. The second-order valence-electron chi connectivity index (χ2n) is 5.38. The highest BCUT2D eigenvalue weighted by Crippen LogP contribution is 2.33. The first-order chi connectivity index (χ1) is 12.6. The molecule has 0 N–H and O–H groups in total. The number of ether oxygens (including phenoxy) is 4. The minimum absolute atomic E-state index is 0.159. The molecule has 0 aliphatic carbocycles. The lowest BCUT2D eigenvalue weighted by Crippen LogP contribution is -2.37. The molecule has 0 aromatic heterocycles. The van der Waals surface area contributed by atoms with E-state index < -0.39 is 24.1 Å². The molecule has 0 amide bonds. The molecule has 2 aromatic rings. The zero-order chi connectivity index (χ0) is 18.9. The third-order valence-electron chi connectivity index (χ3n) is 3.54. The summed E-state index contributed by atoms with van der Waals surface area (Å²) < 4.78 is 21.7. The number of benzene rings is 2. The average Bonchev–Trinajstić information content (AvgIpc) is 2.65. The van der Waals surface area contributed by atoms with Gasteiger partial charge in [-0.3, -0.25) is 4.79 Å². The normalized spacial score (nSPS) is 12.6. The van der Waals surface area contributed by atoms with E-state index in [4.69, 9.17) is 18.9 Å². The topological polar surface area (TPSA) is 71.1 Å². The van der Waals surface area contributed by atoms with E-state index in [2.05, 4.69) is 0 Å². The van der Waals surface area contributed by atoms with Gasteiger partial charge in [0.25, 0.3) is 0 Å². The number of hydrogen-bond acceptors (Lipinski definition) is 6. The third kappa shape index (κ3) is 4.99. The summed E-state index contributed by atoms with van der Waals surface area (Å²) in [5.41, 5.74) is 0.665. The van der Waals surface area contributed by atoms with Gasteiger partial charge < -0.3 is 18.9 Å². The summed E-state index contributed by atoms with van der Waals surface area (Å²) in [5, 5.41) is 0. The van der Waals surface area contributed by atoms with Gasteiger partial charge in [-0.25, -0.2) is 4.79 Å². The molecule has 0 saturated heterocycles. The largest absolute Gasteiger partial charge is 0.493 e. The van der Waals surface area contributed by atoms with E-state index in [9.17, 15) is 9.59 Å². The van der Waals surface area contributed by atoms with Gasteiger partial charge in [-0.2, -0.15) is 0 Å². The van der Waals surface area contributed by atoms with Gasteiger partial charge in [-0.05, 0) is 24.6 Å². The Labute approximate surface area is 152 Å². The lowest BCUT2D eigenvalue weighted by Gasteiger charge is -2.27. The van der Waals surface area contributed by atoms with Gasteiger partial charge in [0, 0.05) is 6.92 Å². The van der Waals surface area contributed by atoms with E-state index in [1.807, 2.05) is 18.2 Å². The molecule has 0 aliphatic rings. The molecule has 0 unspecified atom stereocenters. The fourth-order valence-electron chi connectivity index (χ4n) is 2.44. The SMILES string of the molecule is CCOC(=O)[C@H](OC(C)=O)[C@@H](Oc1ccccc1OC)c1ccccc1. The van der Waals surface area contributed by atoms with E-state index in [-0.39, 0.29) is 6.61 Å². The zero-order valence-electron chi connectivity index (χ0n) is 15.0. The number of carbonyl (C=O) groups is 2. The first-order valence-corrected chi connectivity index (χ1v) is 8.25. The fraction of sp³-hybridized carbons (Fsp3) is 0.300. The summed E-state index contributed by atoms with van der Waals surface area (Å²) in [6.45, 7) is 3.07. The van der Waals surface area contributed by atoms with Gasteiger partial charge in [-0.15, -0.1) is 0 Å². The number of carbonyl (C=O) groups excluding carboxylic acids is 2. The third-order valence-corrected chi connectivity index (χ3v) is 3.54. The average molecular weight is 358 g/mol. The van der Waals surface area contributed by atoms with Crippen molar-refractivity contribution in [2.75, 3.05) is 13.7 Å². The second kappa shape index (κ2) is 9.46. The molecule has 0 fully saturated rings. The van der Waals surface area contributed by atoms with Crippen LogP contribution in [0.2, 0.25) is 0 Å². The molecule has 0 aliphatic heterocycles. The van der Waals surface area contributed by atoms with Crippen molar-refractivity contribution in [3.63, 3.8) is 0 Å². The van der Waals surface area contributed by atoms with Crippen LogP contribution in [0.4, 0.5) is 0 Å². The molecular formula is C20H22O6. The molecule has 0 bridgehead atoms. The van der Waals surface area contributed by atoms with Gasteiger partial charge in [0.05, 0.1) is 13.7 Å². The van der Waals surface area contributed by atoms with Gasteiger partial charge in [0.15, 0.2) is 17.6 Å². The monoisotopic (exact) mass is 358 g/mol. The van der Waals surface area contributed by atoms with Crippen molar-refractivity contribution in [3.05, 3.63) is 60.2 Å². The maximum absolute atomic E-state index is 12.4. The molecule has 6 nitrogen and oxygen atoms in total. The van der Waals surface area contributed by atoms with Gasteiger partial charge in [0.2, 0.25) is 6.10 Å². The molecule has 0 radical (unpaired) electrons. The van der Waals surface area contributed by atoms with Gasteiger partial charge >= 0.3 is 11.9 Å². The maximum Gasteiger partial charge on any atom is 0.351 e. The van der Waals surface area contributed by atoms with Crippen LogP contribution in [0.25, 0.3) is 0 Å². The number of esters is 2. The van der Waals surface area contributed by atoms with Crippen molar-refractivity contribution in [1.29, 1.82) is 0 Å². The minimum atomic E-state index is -1.25. The van der Waals surface area contributed by atoms with E-state index in [1.165, 1.54) is 14.0 Å². The van der Waals surface area contributed by atoms with E-state index in [0.29, 0.717) is 17.1 Å². The highest BCUT2D eigenvalue weighted by atomic mass is 16.6. The first-order valence-electron chi connectivity index (χ1n) is 8.25. The lowest BCUT2D eigenvalue weighted by atomic mass is 10.0.